The van der Waals surface area contributed by atoms with Gasteiger partial charge < -0.3 is 29.7 Å². The number of aromatic nitrogens is 2. The standard InChI is InChI=1S/C30H34F2N5O9P/c1-17(2)44-27(40)18(3)36-47(42,46-21-7-5-4-6-8-21)43-16-23-25(38)30(31,32)28(45-23)37-14-12-24(35-29(37)41)34-26(39)20-9-10-22-19(15-20)11-13-33-22/h4-10,12,14-15,17-18,23,25,28,33,38H,11,13,16H2,1-3H3,(H,36,42)(H,34,35,39,41)/t18-,23-,25-,28?,47?/m1/s1. The number of carbonyl (C=O) groups excluding carboxylic acids is 2. The van der Waals surface area contributed by atoms with Gasteiger partial charge in [0, 0.05) is 24.0 Å². The van der Waals surface area contributed by atoms with E-state index in [2.05, 4.69) is 20.7 Å². The average molecular weight is 678 g/mol. The molecule has 2 aliphatic heterocycles. The molecule has 47 heavy (non-hydrogen) atoms. The third-order valence-electron chi connectivity index (χ3n) is 7.22. The van der Waals surface area contributed by atoms with Gasteiger partial charge in [-0.1, -0.05) is 18.2 Å². The van der Waals surface area contributed by atoms with Gasteiger partial charge >= 0.3 is 25.3 Å². The fourth-order valence-corrected chi connectivity index (χ4v) is 6.41. The largest absolute Gasteiger partial charge is 0.462 e. The molecule has 0 radical (unpaired) electrons. The lowest BCUT2D eigenvalue weighted by Gasteiger charge is -2.25. The third kappa shape index (κ3) is 7.85. The van der Waals surface area contributed by atoms with E-state index in [1.54, 1.807) is 50.2 Å². The molecule has 2 aromatic carbocycles. The summed E-state index contributed by atoms with van der Waals surface area (Å²) in [6.45, 7) is 4.43. The number of aliphatic hydroxyl groups is 1. The molecule has 17 heteroatoms. The van der Waals surface area contributed by atoms with Gasteiger partial charge in [0.25, 0.3) is 5.91 Å². The number of fused-ring (bicyclic) bond motifs is 1. The van der Waals surface area contributed by atoms with E-state index in [0.717, 1.165) is 36.5 Å². The fraction of sp³-hybridized carbons (Fsp3) is 0.400. The maximum Gasteiger partial charge on any atom is 0.459 e. The van der Waals surface area contributed by atoms with Crippen LogP contribution in [0.4, 0.5) is 20.3 Å². The van der Waals surface area contributed by atoms with E-state index in [9.17, 15) is 24.1 Å². The molecule has 0 spiro atoms. The van der Waals surface area contributed by atoms with Gasteiger partial charge in [-0.15, -0.1) is 0 Å². The number of aliphatic hydroxyl groups excluding tert-OH is 1. The van der Waals surface area contributed by atoms with E-state index >= 15 is 8.78 Å². The Morgan fingerprint density at radius 3 is 2.64 bits per heavy atom. The van der Waals surface area contributed by atoms with Gasteiger partial charge in [-0.2, -0.15) is 18.9 Å². The molecule has 3 aromatic rings. The lowest BCUT2D eigenvalue weighted by molar-refractivity contribution is -0.149. The van der Waals surface area contributed by atoms with Crippen LogP contribution in [0.5, 0.6) is 5.75 Å². The molecule has 0 bridgehead atoms. The third-order valence-corrected chi connectivity index (χ3v) is 8.86. The number of hydrogen-bond acceptors (Lipinski definition) is 11. The number of halogens is 2. The van der Waals surface area contributed by atoms with Gasteiger partial charge in [-0.3, -0.25) is 18.7 Å². The molecule has 4 N–H and O–H groups in total. The zero-order valence-electron chi connectivity index (χ0n) is 25.6. The summed E-state index contributed by atoms with van der Waals surface area (Å²) in [5.74, 6) is -5.48. The van der Waals surface area contributed by atoms with E-state index in [4.69, 9.17) is 18.5 Å². The summed E-state index contributed by atoms with van der Waals surface area (Å²) in [5, 5.41) is 18.6. The topological polar surface area (TPSA) is 179 Å². The molecule has 0 saturated carbocycles. The first-order valence-electron chi connectivity index (χ1n) is 14.7. The highest BCUT2D eigenvalue weighted by Gasteiger charge is 2.60. The van der Waals surface area contributed by atoms with Crippen LogP contribution in [0, 0.1) is 0 Å². The van der Waals surface area contributed by atoms with Crippen LogP contribution in [0.15, 0.2) is 65.6 Å². The van der Waals surface area contributed by atoms with Crippen LogP contribution in [-0.2, 0) is 29.8 Å². The summed E-state index contributed by atoms with van der Waals surface area (Å²) in [6.07, 6.45) is -5.43. The van der Waals surface area contributed by atoms with Crippen molar-refractivity contribution in [3.63, 3.8) is 0 Å². The monoisotopic (exact) mass is 677 g/mol. The number of nitrogens with one attached hydrogen (secondary N) is 3. The van der Waals surface area contributed by atoms with Gasteiger partial charge in [0.15, 0.2) is 6.10 Å². The van der Waals surface area contributed by atoms with Crippen molar-refractivity contribution in [3.8, 4) is 5.75 Å². The Kier molecular flexibility index (Phi) is 10.1. The second kappa shape index (κ2) is 13.9. The van der Waals surface area contributed by atoms with Crippen LogP contribution < -0.4 is 25.9 Å². The van der Waals surface area contributed by atoms with Gasteiger partial charge in [-0.25, -0.2) is 9.36 Å². The number of anilines is 2. The van der Waals surface area contributed by atoms with Crippen LogP contribution >= 0.6 is 7.75 Å². The summed E-state index contributed by atoms with van der Waals surface area (Å²) in [7, 11) is -4.48. The van der Waals surface area contributed by atoms with Crippen molar-refractivity contribution in [2.24, 2.45) is 0 Å². The summed E-state index contributed by atoms with van der Waals surface area (Å²) in [6, 6.07) is 12.7. The van der Waals surface area contributed by atoms with E-state index in [1.165, 1.54) is 19.1 Å². The van der Waals surface area contributed by atoms with Crippen LogP contribution in [-0.4, -0.2) is 70.0 Å². The van der Waals surface area contributed by atoms with Crippen molar-refractivity contribution in [1.82, 2.24) is 14.6 Å². The number of amides is 1. The maximum atomic E-state index is 15.3. The van der Waals surface area contributed by atoms with Crippen LogP contribution in [0.25, 0.3) is 0 Å². The van der Waals surface area contributed by atoms with Gasteiger partial charge in [-0.05, 0) is 69.2 Å². The molecule has 5 rings (SSSR count). The Balaban J connectivity index is 1.28. The van der Waals surface area contributed by atoms with Crippen LogP contribution in [0.2, 0.25) is 0 Å². The molecule has 2 aliphatic rings. The van der Waals surface area contributed by atoms with Gasteiger partial charge in [0.1, 0.15) is 23.7 Å². The minimum atomic E-state index is -4.48. The highest BCUT2D eigenvalue weighted by Crippen LogP contribution is 2.48. The molecule has 252 valence electrons. The summed E-state index contributed by atoms with van der Waals surface area (Å²) < 4.78 is 66.1. The summed E-state index contributed by atoms with van der Waals surface area (Å²) >= 11 is 0. The van der Waals surface area contributed by atoms with Crippen molar-refractivity contribution in [3.05, 3.63) is 82.4 Å². The van der Waals surface area contributed by atoms with Crippen molar-refractivity contribution < 1.29 is 46.6 Å². The smallest absolute Gasteiger partial charge is 0.459 e. The molecule has 2 unspecified atom stereocenters. The normalized spacial score (nSPS) is 21.7. The van der Waals surface area contributed by atoms with E-state index in [1.807, 2.05) is 0 Å². The van der Waals surface area contributed by atoms with Crippen molar-refractivity contribution >= 4 is 31.1 Å². The van der Waals surface area contributed by atoms with Crippen molar-refractivity contribution in [2.75, 3.05) is 23.8 Å². The Morgan fingerprint density at radius 1 is 1.19 bits per heavy atom. The lowest BCUT2D eigenvalue weighted by Crippen LogP contribution is -2.42. The molecule has 0 aliphatic carbocycles. The van der Waals surface area contributed by atoms with E-state index in [0.29, 0.717) is 10.1 Å². The lowest BCUT2D eigenvalue weighted by atomic mass is 10.1. The Hall–Kier alpha value is -4.21. The molecule has 1 aromatic heterocycles. The van der Waals surface area contributed by atoms with Crippen LogP contribution in [0.3, 0.4) is 0 Å². The number of ether oxygens (including phenoxy) is 2. The molecule has 1 fully saturated rings. The zero-order valence-corrected chi connectivity index (χ0v) is 26.5. The molecule has 14 nitrogen and oxygen atoms in total. The quantitative estimate of drug-likeness (QED) is 0.162. The molecule has 1 saturated heterocycles. The number of benzene rings is 2. The molecule has 3 heterocycles. The number of alkyl halides is 2. The summed E-state index contributed by atoms with van der Waals surface area (Å²) in [5.41, 5.74) is 1.01. The Bertz CT molecular complexity index is 1730. The Morgan fingerprint density at radius 2 is 1.94 bits per heavy atom. The van der Waals surface area contributed by atoms with Crippen LogP contribution in [0.1, 0.15) is 42.9 Å². The predicted molar refractivity (Wildman–Crippen MR) is 164 cm³/mol. The van der Waals surface area contributed by atoms with Gasteiger partial charge in [0.05, 0.1) is 12.7 Å². The molecule has 1 amide bonds. The minimum absolute atomic E-state index is 0.0712. The second-order valence-electron chi connectivity index (χ2n) is 11.2. The van der Waals surface area contributed by atoms with Crippen molar-refractivity contribution in [1.29, 1.82) is 0 Å². The molecular weight excluding hydrogens is 643 g/mol. The number of nitrogens with zero attached hydrogens (tertiary/aromatic N) is 2. The zero-order chi connectivity index (χ0) is 33.9. The van der Waals surface area contributed by atoms with Crippen molar-refractivity contribution in [2.45, 2.75) is 63.7 Å². The first-order valence-corrected chi connectivity index (χ1v) is 16.3. The maximum absolute atomic E-state index is 15.3. The van der Waals surface area contributed by atoms with Gasteiger partial charge in [0.2, 0.25) is 6.23 Å². The molecular formula is C30H34F2N5O9P. The SMILES string of the molecule is CC(C)OC(=O)[C@@H](C)NP(=O)(OC[C@H]1OC(n2ccc(NC(=O)c3ccc4c(c3)CCN4)nc2=O)C(F)(F)[C@@H]1O)Oc1ccccc1. The molecule has 5 atom stereocenters. The fourth-order valence-electron chi connectivity index (χ4n) is 4.91. The van der Waals surface area contributed by atoms with E-state index in [-0.39, 0.29) is 11.6 Å². The number of esters is 1. The number of hydrogen-bond donors (Lipinski definition) is 4. The highest BCUT2D eigenvalue weighted by molar-refractivity contribution is 7.52. The number of para-hydroxylation sites is 1. The minimum Gasteiger partial charge on any atom is -0.462 e. The number of carbonyl (C=O) groups is 2. The highest BCUT2D eigenvalue weighted by atomic mass is 31.2. The summed E-state index contributed by atoms with van der Waals surface area (Å²) in [4.78, 5) is 41.6. The first-order chi connectivity index (χ1) is 22.3. The Labute approximate surface area is 268 Å². The second-order valence-corrected chi connectivity index (χ2v) is 12.9. The first kappa shape index (κ1) is 34.1. The van der Waals surface area contributed by atoms with E-state index < -0.39 is 68.4 Å². The predicted octanol–water partition coefficient (Wildman–Crippen LogP) is 3.49. The number of rotatable bonds is 12. The average Bonchev–Trinajstić information content (AvgIpc) is 3.57.